The van der Waals surface area contributed by atoms with Gasteiger partial charge in [0.15, 0.2) is 0 Å². The van der Waals surface area contributed by atoms with Crippen molar-refractivity contribution in [2.75, 3.05) is 79.2 Å². The normalized spacial score (nSPS) is 21.2. The van der Waals surface area contributed by atoms with E-state index in [2.05, 4.69) is 0 Å². The summed E-state index contributed by atoms with van der Waals surface area (Å²) >= 11 is 0. The number of carbonyl (C=O) groups excluding carboxylic acids is 3. The van der Waals surface area contributed by atoms with E-state index in [0.717, 1.165) is 4.90 Å². The van der Waals surface area contributed by atoms with Gasteiger partial charge in [0.05, 0.1) is 77.2 Å². The van der Waals surface area contributed by atoms with Crippen LogP contribution in [0.3, 0.4) is 0 Å². The van der Waals surface area contributed by atoms with E-state index in [9.17, 15) is 14.4 Å². The first-order chi connectivity index (χ1) is 16.1. The lowest BCUT2D eigenvalue weighted by atomic mass is 10.1. The third kappa shape index (κ3) is 7.05. The van der Waals surface area contributed by atoms with Crippen molar-refractivity contribution in [2.45, 2.75) is 13.0 Å². The van der Waals surface area contributed by atoms with Crippen LogP contribution in [0.4, 0.5) is 0 Å². The third-order valence-corrected chi connectivity index (χ3v) is 5.38. The van der Waals surface area contributed by atoms with E-state index >= 15 is 0 Å². The standard InChI is InChI=1S/C23H32N2O8/c1-18(25-22(27)19-4-2-3-5-20(19)23(25)28)21(26)24-6-8-29-10-12-31-14-16-33-17-15-32-13-11-30-9-7-24/h2-5,18H,6-17H2,1H3/t18-/m1/s1. The summed E-state index contributed by atoms with van der Waals surface area (Å²) in [6.45, 7) is 6.27. The Bertz CT molecular complexity index is 749. The number of imide groups is 1. The number of carbonyl (C=O) groups is 3. The largest absolute Gasteiger partial charge is 0.377 e. The topological polar surface area (TPSA) is 104 Å². The Morgan fingerprint density at radius 2 is 1.06 bits per heavy atom. The average molecular weight is 465 g/mol. The molecule has 0 radical (unpaired) electrons. The van der Waals surface area contributed by atoms with Crippen molar-refractivity contribution >= 4 is 17.7 Å². The first-order valence-corrected chi connectivity index (χ1v) is 11.3. The van der Waals surface area contributed by atoms with Crippen LogP contribution in [-0.4, -0.2) is 113 Å². The van der Waals surface area contributed by atoms with Gasteiger partial charge in [-0.25, -0.2) is 0 Å². The summed E-state index contributed by atoms with van der Waals surface area (Å²) in [7, 11) is 0. The van der Waals surface area contributed by atoms with Crippen molar-refractivity contribution in [3.63, 3.8) is 0 Å². The minimum Gasteiger partial charge on any atom is -0.377 e. The summed E-state index contributed by atoms with van der Waals surface area (Å²) in [4.78, 5) is 41.4. The van der Waals surface area contributed by atoms with E-state index in [0.29, 0.717) is 90.3 Å². The fraction of sp³-hybridized carbons (Fsp3) is 0.609. The van der Waals surface area contributed by atoms with Crippen molar-refractivity contribution in [1.29, 1.82) is 0 Å². The van der Waals surface area contributed by atoms with Crippen LogP contribution >= 0.6 is 0 Å². The molecule has 0 unspecified atom stereocenters. The molecule has 3 amide bonds. The zero-order valence-corrected chi connectivity index (χ0v) is 19.0. The monoisotopic (exact) mass is 464 g/mol. The highest BCUT2D eigenvalue weighted by Crippen LogP contribution is 2.25. The van der Waals surface area contributed by atoms with Gasteiger partial charge in [-0.1, -0.05) is 12.1 Å². The van der Waals surface area contributed by atoms with E-state index < -0.39 is 17.9 Å². The van der Waals surface area contributed by atoms with Crippen LogP contribution in [0, 0.1) is 0 Å². The van der Waals surface area contributed by atoms with Crippen LogP contribution in [-0.2, 0) is 28.5 Å². The van der Waals surface area contributed by atoms with Gasteiger partial charge in [0.2, 0.25) is 5.91 Å². The fourth-order valence-electron chi connectivity index (χ4n) is 3.60. The van der Waals surface area contributed by atoms with Crippen LogP contribution < -0.4 is 0 Å². The van der Waals surface area contributed by atoms with Gasteiger partial charge in [-0.05, 0) is 19.1 Å². The fourth-order valence-corrected chi connectivity index (χ4v) is 3.60. The molecule has 0 spiro atoms. The van der Waals surface area contributed by atoms with Gasteiger partial charge in [0.1, 0.15) is 6.04 Å². The van der Waals surface area contributed by atoms with Crippen molar-refractivity contribution in [1.82, 2.24) is 9.80 Å². The smallest absolute Gasteiger partial charge is 0.262 e. The SMILES string of the molecule is C[C@H](C(=O)N1CCOCCOCCOCCOCCOCC1)N1C(=O)c2ccccc2C1=O. The van der Waals surface area contributed by atoms with Crippen molar-refractivity contribution < 1.29 is 38.1 Å². The molecular formula is C23H32N2O8. The predicted octanol–water partition coefficient (Wildman–Crippen LogP) is 0.596. The molecule has 0 bridgehead atoms. The summed E-state index contributed by atoms with van der Waals surface area (Å²) in [6, 6.07) is 5.65. The van der Waals surface area contributed by atoms with Crippen molar-refractivity contribution in [3.8, 4) is 0 Å². The lowest BCUT2D eigenvalue weighted by Crippen LogP contribution is -2.51. The maximum absolute atomic E-state index is 13.3. The number of amides is 3. The molecule has 33 heavy (non-hydrogen) atoms. The maximum Gasteiger partial charge on any atom is 0.262 e. The quantitative estimate of drug-likeness (QED) is 0.586. The van der Waals surface area contributed by atoms with Gasteiger partial charge in [-0.3, -0.25) is 19.3 Å². The highest BCUT2D eigenvalue weighted by molar-refractivity contribution is 6.22. The van der Waals surface area contributed by atoms with Gasteiger partial charge >= 0.3 is 0 Å². The third-order valence-electron chi connectivity index (χ3n) is 5.38. The van der Waals surface area contributed by atoms with Gasteiger partial charge < -0.3 is 28.6 Å². The van der Waals surface area contributed by atoms with Crippen molar-refractivity contribution in [2.24, 2.45) is 0 Å². The Kier molecular flexibility index (Phi) is 10.2. The Balaban J connectivity index is 1.59. The molecule has 2 aliphatic heterocycles. The number of nitrogens with zero attached hydrogens (tertiary/aromatic N) is 2. The van der Waals surface area contributed by atoms with Crippen LogP contribution in [0.25, 0.3) is 0 Å². The molecule has 1 fully saturated rings. The summed E-state index contributed by atoms with van der Waals surface area (Å²) in [5, 5.41) is 0. The number of rotatable bonds is 2. The predicted molar refractivity (Wildman–Crippen MR) is 117 cm³/mol. The molecule has 0 N–H and O–H groups in total. The molecule has 2 aliphatic rings. The second-order valence-electron chi connectivity index (χ2n) is 7.59. The minimum atomic E-state index is -0.943. The van der Waals surface area contributed by atoms with E-state index in [4.69, 9.17) is 23.7 Å². The molecule has 2 heterocycles. The Hall–Kier alpha value is -2.37. The molecule has 1 aromatic rings. The van der Waals surface area contributed by atoms with Gasteiger partial charge in [-0.15, -0.1) is 0 Å². The van der Waals surface area contributed by atoms with Gasteiger partial charge in [-0.2, -0.15) is 0 Å². The lowest BCUT2D eigenvalue weighted by molar-refractivity contribution is -0.136. The maximum atomic E-state index is 13.3. The van der Waals surface area contributed by atoms with E-state index in [-0.39, 0.29) is 5.91 Å². The Labute approximate surface area is 193 Å². The molecule has 3 rings (SSSR count). The molecule has 182 valence electrons. The van der Waals surface area contributed by atoms with E-state index in [1.165, 1.54) is 0 Å². The molecule has 1 atom stereocenters. The highest BCUT2D eigenvalue weighted by Gasteiger charge is 2.41. The minimum absolute atomic E-state index is 0.295. The molecule has 10 nitrogen and oxygen atoms in total. The zero-order chi connectivity index (χ0) is 23.5. The molecule has 1 saturated heterocycles. The van der Waals surface area contributed by atoms with Crippen LogP contribution in [0.2, 0.25) is 0 Å². The average Bonchev–Trinajstić information content (AvgIpc) is 3.08. The molecule has 0 aromatic heterocycles. The van der Waals surface area contributed by atoms with Crippen LogP contribution in [0.15, 0.2) is 24.3 Å². The molecular weight excluding hydrogens is 432 g/mol. The molecule has 10 heteroatoms. The number of fused-ring (bicyclic) bond motifs is 1. The van der Waals surface area contributed by atoms with Crippen LogP contribution in [0.1, 0.15) is 27.6 Å². The summed E-state index contributed by atoms with van der Waals surface area (Å²) in [5.41, 5.74) is 0.637. The van der Waals surface area contributed by atoms with Gasteiger partial charge in [0, 0.05) is 13.1 Å². The zero-order valence-electron chi connectivity index (χ0n) is 19.0. The first-order valence-electron chi connectivity index (χ1n) is 11.3. The molecule has 0 aliphatic carbocycles. The second-order valence-corrected chi connectivity index (χ2v) is 7.59. The van der Waals surface area contributed by atoms with E-state index in [1.807, 2.05) is 0 Å². The van der Waals surface area contributed by atoms with Gasteiger partial charge in [0.25, 0.3) is 11.8 Å². The second kappa shape index (κ2) is 13.4. The molecule has 1 aromatic carbocycles. The lowest BCUT2D eigenvalue weighted by Gasteiger charge is -2.29. The number of ether oxygens (including phenoxy) is 5. The van der Waals surface area contributed by atoms with Crippen molar-refractivity contribution in [3.05, 3.63) is 35.4 Å². The number of hydrogen-bond donors (Lipinski definition) is 0. The number of hydrogen-bond acceptors (Lipinski definition) is 8. The Morgan fingerprint density at radius 1 is 0.697 bits per heavy atom. The summed E-state index contributed by atoms with van der Waals surface area (Å²) in [5.74, 6) is -1.25. The summed E-state index contributed by atoms with van der Waals surface area (Å²) < 4.78 is 27.5. The Morgan fingerprint density at radius 3 is 1.45 bits per heavy atom. The highest BCUT2D eigenvalue weighted by atomic mass is 16.6. The first kappa shape index (κ1) is 25.3. The number of benzene rings is 1. The van der Waals surface area contributed by atoms with Crippen LogP contribution in [0.5, 0.6) is 0 Å². The van der Waals surface area contributed by atoms with E-state index in [1.54, 1.807) is 36.1 Å². The summed E-state index contributed by atoms with van der Waals surface area (Å²) in [6.07, 6.45) is 0. The molecule has 0 saturated carbocycles.